The molecule has 0 aliphatic rings. The van der Waals surface area contributed by atoms with Gasteiger partial charge in [-0.05, 0) is 44.0 Å². The molecule has 3 rings (SSSR count). The van der Waals surface area contributed by atoms with E-state index >= 15 is 0 Å². The monoisotopic (exact) mass is 366 g/mol. The van der Waals surface area contributed by atoms with Gasteiger partial charge in [0.15, 0.2) is 0 Å². The van der Waals surface area contributed by atoms with Crippen LogP contribution in [0, 0.1) is 20.8 Å². The summed E-state index contributed by atoms with van der Waals surface area (Å²) in [6.07, 6.45) is 2.44. The van der Waals surface area contributed by atoms with Crippen molar-refractivity contribution in [3.63, 3.8) is 0 Å². The molecule has 0 spiro atoms. The molecule has 0 amide bonds. The minimum atomic E-state index is -0.873. The zero-order valence-corrected chi connectivity index (χ0v) is 16.1. The number of nitrogens with zero attached hydrogens (tertiary/aromatic N) is 1. The molecular formula is C22H26N2O3. The van der Waals surface area contributed by atoms with Gasteiger partial charge in [-0.1, -0.05) is 24.3 Å². The lowest BCUT2D eigenvalue weighted by Gasteiger charge is -2.12. The molecule has 2 aromatic heterocycles. The summed E-state index contributed by atoms with van der Waals surface area (Å²) in [4.78, 5) is 11.9. The van der Waals surface area contributed by atoms with Gasteiger partial charge in [-0.25, -0.2) is 4.79 Å². The van der Waals surface area contributed by atoms with Gasteiger partial charge >= 0.3 is 5.97 Å². The average molecular weight is 366 g/mol. The number of carboxylic acid groups (broad SMARTS) is 1. The average Bonchev–Trinajstić information content (AvgIpc) is 3.22. The van der Waals surface area contributed by atoms with Crippen molar-refractivity contribution >= 4 is 5.97 Å². The molecule has 0 bridgehead atoms. The Morgan fingerprint density at radius 3 is 2.56 bits per heavy atom. The number of carbonyl (C=O) groups is 1. The van der Waals surface area contributed by atoms with E-state index in [1.165, 1.54) is 11.1 Å². The van der Waals surface area contributed by atoms with E-state index < -0.39 is 5.97 Å². The zero-order valence-electron chi connectivity index (χ0n) is 16.1. The van der Waals surface area contributed by atoms with E-state index in [4.69, 9.17) is 4.42 Å². The molecule has 0 atom stereocenters. The van der Waals surface area contributed by atoms with Crippen LogP contribution in [0.15, 0.2) is 47.1 Å². The summed E-state index contributed by atoms with van der Waals surface area (Å²) in [5, 5.41) is 13.1. The van der Waals surface area contributed by atoms with E-state index in [0.717, 1.165) is 35.7 Å². The fourth-order valence-corrected chi connectivity index (χ4v) is 3.52. The van der Waals surface area contributed by atoms with Crippen LogP contribution in [-0.4, -0.2) is 22.2 Å². The highest BCUT2D eigenvalue weighted by atomic mass is 16.4. The van der Waals surface area contributed by atoms with E-state index in [2.05, 4.69) is 28.9 Å². The maximum Gasteiger partial charge on any atom is 0.337 e. The number of aromatic carboxylic acids is 1. The Kier molecular flexibility index (Phi) is 5.81. The molecule has 0 aliphatic carbocycles. The first-order valence-electron chi connectivity index (χ1n) is 9.18. The standard InChI is InChI=1S/C22H26N2O3/c1-15-7-4-5-8-18(15)14-24-16(2)20(21(17(24)3)22(25)26)13-23-11-10-19-9-6-12-27-19/h4-9,12,23H,10-11,13-14H2,1-3H3,(H,25,26). The molecule has 0 fully saturated rings. The van der Waals surface area contributed by atoms with Crippen LogP contribution in [0.2, 0.25) is 0 Å². The molecule has 27 heavy (non-hydrogen) atoms. The Morgan fingerprint density at radius 2 is 1.89 bits per heavy atom. The number of rotatable bonds is 8. The van der Waals surface area contributed by atoms with Crippen LogP contribution in [0.25, 0.3) is 0 Å². The Labute approximate surface area is 159 Å². The lowest BCUT2D eigenvalue weighted by atomic mass is 10.1. The minimum absolute atomic E-state index is 0.409. The quantitative estimate of drug-likeness (QED) is 0.590. The van der Waals surface area contributed by atoms with Gasteiger partial charge in [0, 0.05) is 43.0 Å². The van der Waals surface area contributed by atoms with Gasteiger partial charge < -0.3 is 19.4 Å². The Bertz CT molecular complexity index is 923. The summed E-state index contributed by atoms with van der Waals surface area (Å²) in [5.74, 6) is 0.0490. The van der Waals surface area contributed by atoms with Gasteiger partial charge in [-0.2, -0.15) is 0 Å². The Hall–Kier alpha value is -2.79. The van der Waals surface area contributed by atoms with E-state index in [9.17, 15) is 9.90 Å². The van der Waals surface area contributed by atoms with Gasteiger partial charge in [-0.15, -0.1) is 0 Å². The largest absolute Gasteiger partial charge is 0.478 e. The van der Waals surface area contributed by atoms with Gasteiger partial charge in [0.25, 0.3) is 0 Å². The van der Waals surface area contributed by atoms with Crippen LogP contribution in [0.3, 0.4) is 0 Å². The number of benzene rings is 1. The van der Waals surface area contributed by atoms with E-state index in [-0.39, 0.29) is 0 Å². The van der Waals surface area contributed by atoms with Crippen molar-refractivity contribution in [1.82, 2.24) is 9.88 Å². The maximum absolute atomic E-state index is 11.9. The van der Waals surface area contributed by atoms with Crippen LogP contribution in [0.1, 0.15) is 44.2 Å². The molecular weight excluding hydrogens is 340 g/mol. The topological polar surface area (TPSA) is 67.4 Å². The molecule has 2 N–H and O–H groups in total. The number of carboxylic acids is 1. The summed E-state index contributed by atoms with van der Waals surface area (Å²) >= 11 is 0. The first kappa shape index (κ1) is 19.0. The highest BCUT2D eigenvalue weighted by molar-refractivity contribution is 5.91. The SMILES string of the molecule is Cc1ccccc1Cn1c(C)c(CNCCc2ccco2)c(C(=O)O)c1C. The van der Waals surface area contributed by atoms with Crippen LogP contribution in [-0.2, 0) is 19.5 Å². The molecule has 0 radical (unpaired) electrons. The summed E-state index contributed by atoms with van der Waals surface area (Å²) in [7, 11) is 0. The zero-order chi connectivity index (χ0) is 19.4. The second-order valence-electron chi connectivity index (χ2n) is 6.85. The second-order valence-corrected chi connectivity index (χ2v) is 6.85. The number of nitrogens with one attached hydrogen (secondary N) is 1. The summed E-state index contributed by atoms with van der Waals surface area (Å²) in [5.41, 5.74) is 5.47. The lowest BCUT2D eigenvalue weighted by Crippen LogP contribution is -2.18. The fourth-order valence-electron chi connectivity index (χ4n) is 3.52. The molecule has 5 nitrogen and oxygen atoms in total. The van der Waals surface area contributed by atoms with Crippen molar-refractivity contribution in [3.8, 4) is 0 Å². The highest BCUT2D eigenvalue weighted by Gasteiger charge is 2.22. The molecule has 5 heteroatoms. The molecule has 0 unspecified atom stereocenters. The second kappa shape index (κ2) is 8.27. The Morgan fingerprint density at radius 1 is 1.11 bits per heavy atom. The van der Waals surface area contributed by atoms with Crippen LogP contribution in [0.4, 0.5) is 0 Å². The maximum atomic E-state index is 11.9. The van der Waals surface area contributed by atoms with Crippen molar-refractivity contribution < 1.29 is 14.3 Å². The van der Waals surface area contributed by atoms with E-state index in [0.29, 0.717) is 18.7 Å². The minimum Gasteiger partial charge on any atom is -0.478 e. The smallest absolute Gasteiger partial charge is 0.337 e. The highest BCUT2D eigenvalue weighted by Crippen LogP contribution is 2.24. The predicted molar refractivity (Wildman–Crippen MR) is 105 cm³/mol. The molecule has 142 valence electrons. The predicted octanol–water partition coefficient (Wildman–Crippen LogP) is 4.09. The van der Waals surface area contributed by atoms with Gasteiger partial charge in [0.2, 0.25) is 0 Å². The van der Waals surface area contributed by atoms with Gasteiger partial charge in [0.05, 0.1) is 11.8 Å². The molecule has 1 aromatic carbocycles. The summed E-state index contributed by atoms with van der Waals surface area (Å²) in [6.45, 7) is 7.90. The van der Waals surface area contributed by atoms with E-state index in [1.54, 1.807) is 6.26 Å². The summed E-state index contributed by atoms with van der Waals surface area (Å²) in [6, 6.07) is 12.0. The number of aryl methyl sites for hydroxylation is 1. The van der Waals surface area contributed by atoms with Crippen molar-refractivity contribution in [3.05, 3.63) is 82.1 Å². The number of hydrogen-bond donors (Lipinski definition) is 2. The number of aromatic nitrogens is 1. The van der Waals surface area contributed by atoms with E-state index in [1.807, 2.05) is 38.1 Å². The molecule has 3 aromatic rings. The normalized spacial score (nSPS) is 11.1. The van der Waals surface area contributed by atoms with Crippen LogP contribution >= 0.6 is 0 Å². The Balaban J connectivity index is 1.80. The summed E-state index contributed by atoms with van der Waals surface area (Å²) < 4.78 is 7.44. The van der Waals surface area contributed by atoms with Crippen molar-refractivity contribution in [2.45, 2.75) is 40.3 Å². The molecule has 0 aliphatic heterocycles. The van der Waals surface area contributed by atoms with Crippen molar-refractivity contribution in [1.29, 1.82) is 0 Å². The molecule has 0 saturated carbocycles. The van der Waals surface area contributed by atoms with Crippen molar-refractivity contribution in [2.75, 3.05) is 6.54 Å². The van der Waals surface area contributed by atoms with Gasteiger partial charge in [0.1, 0.15) is 5.76 Å². The van der Waals surface area contributed by atoms with Crippen LogP contribution < -0.4 is 5.32 Å². The molecule has 0 saturated heterocycles. The third-order valence-corrected chi connectivity index (χ3v) is 5.14. The molecule has 2 heterocycles. The number of hydrogen-bond acceptors (Lipinski definition) is 3. The fraction of sp³-hybridized carbons (Fsp3) is 0.318. The third kappa shape index (κ3) is 4.14. The first-order chi connectivity index (χ1) is 13.0. The van der Waals surface area contributed by atoms with Crippen molar-refractivity contribution in [2.24, 2.45) is 0 Å². The third-order valence-electron chi connectivity index (χ3n) is 5.14. The van der Waals surface area contributed by atoms with Gasteiger partial charge in [-0.3, -0.25) is 0 Å². The van der Waals surface area contributed by atoms with Crippen LogP contribution in [0.5, 0.6) is 0 Å². The number of furan rings is 1. The lowest BCUT2D eigenvalue weighted by molar-refractivity contribution is 0.0694. The first-order valence-corrected chi connectivity index (χ1v) is 9.18.